The van der Waals surface area contributed by atoms with Crippen molar-refractivity contribution < 1.29 is 4.74 Å². The van der Waals surface area contributed by atoms with Crippen molar-refractivity contribution in [3.05, 3.63) is 23.5 Å². The molecule has 0 unspecified atom stereocenters. The summed E-state index contributed by atoms with van der Waals surface area (Å²) in [4.78, 5) is 4.30. The van der Waals surface area contributed by atoms with Crippen molar-refractivity contribution >= 4 is 0 Å². The van der Waals surface area contributed by atoms with Crippen LogP contribution in [-0.4, -0.2) is 11.1 Å². The van der Waals surface area contributed by atoms with Gasteiger partial charge in [0, 0.05) is 6.54 Å². The monoisotopic (exact) mass is 192 g/mol. The lowest BCUT2D eigenvalue weighted by molar-refractivity contribution is 0.301. The zero-order valence-electron chi connectivity index (χ0n) is 8.49. The first-order chi connectivity index (χ1) is 6.83. The molecule has 2 N–H and O–H groups in total. The maximum atomic E-state index is 5.66. The molecule has 1 fully saturated rings. The van der Waals surface area contributed by atoms with Crippen molar-refractivity contribution in [3.63, 3.8) is 0 Å². The minimum atomic E-state index is 0.435. The molecule has 0 atom stereocenters. The third-order valence-electron chi connectivity index (χ3n) is 2.44. The highest BCUT2D eigenvalue weighted by Gasteiger charge is 2.23. The molecule has 1 aliphatic rings. The smallest absolute Gasteiger partial charge is 0.138 e. The average molecular weight is 192 g/mol. The number of aryl methyl sites for hydroxylation is 1. The van der Waals surface area contributed by atoms with E-state index < -0.39 is 0 Å². The lowest BCUT2D eigenvalue weighted by Gasteiger charge is -2.08. The molecular weight excluding hydrogens is 176 g/mol. The van der Waals surface area contributed by atoms with Gasteiger partial charge in [-0.1, -0.05) is 6.92 Å². The normalized spacial score (nSPS) is 15.6. The van der Waals surface area contributed by atoms with Gasteiger partial charge in [0.15, 0.2) is 0 Å². The summed E-state index contributed by atoms with van der Waals surface area (Å²) in [6.45, 7) is 2.62. The minimum absolute atomic E-state index is 0.435. The summed E-state index contributed by atoms with van der Waals surface area (Å²) in [6, 6.07) is 2.06. The van der Waals surface area contributed by atoms with Gasteiger partial charge < -0.3 is 10.5 Å². The highest BCUT2D eigenvalue weighted by Crippen LogP contribution is 2.27. The molecule has 1 aliphatic carbocycles. The van der Waals surface area contributed by atoms with Gasteiger partial charge in [-0.2, -0.15) is 0 Å². The summed E-state index contributed by atoms with van der Waals surface area (Å²) in [6.07, 6.45) is 5.53. The standard InChI is InChI=1S/C11H16N2O/c1-2-8-5-10(14-9-3-4-9)7-13-11(8)6-12/h5,7,9H,2-4,6,12H2,1H3. The Morgan fingerprint density at radius 3 is 2.93 bits per heavy atom. The van der Waals surface area contributed by atoms with E-state index in [9.17, 15) is 0 Å². The summed E-state index contributed by atoms with van der Waals surface area (Å²) < 4.78 is 5.66. The van der Waals surface area contributed by atoms with E-state index in [-0.39, 0.29) is 0 Å². The first-order valence-electron chi connectivity index (χ1n) is 5.18. The van der Waals surface area contributed by atoms with Crippen LogP contribution in [-0.2, 0) is 13.0 Å². The Morgan fingerprint density at radius 1 is 1.57 bits per heavy atom. The molecular formula is C11H16N2O. The molecule has 0 aliphatic heterocycles. The zero-order chi connectivity index (χ0) is 9.97. The molecule has 0 amide bonds. The Bertz CT molecular complexity index is 321. The van der Waals surface area contributed by atoms with E-state index in [1.54, 1.807) is 6.20 Å². The lowest BCUT2D eigenvalue weighted by Crippen LogP contribution is -2.05. The van der Waals surface area contributed by atoms with Crippen molar-refractivity contribution in [1.82, 2.24) is 4.98 Å². The first kappa shape index (κ1) is 9.46. The molecule has 14 heavy (non-hydrogen) atoms. The van der Waals surface area contributed by atoms with Gasteiger partial charge in [-0.05, 0) is 30.9 Å². The second-order valence-electron chi connectivity index (χ2n) is 3.65. The van der Waals surface area contributed by atoms with Crippen LogP contribution in [0.3, 0.4) is 0 Å². The summed E-state index contributed by atoms with van der Waals surface area (Å²) in [5.41, 5.74) is 7.77. The van der Waals surface area contributed by atoms with Crippen LogP contribution in [0.2, 0.25) is 0 Å². The topological polar surface area (TPSA) is 48.1 Å². The van der Waals surface area contributed by atoms with Gasteiger partial charge in [0.1, 0.15) is 5.75 Å². The number of rotatable bonds is 4. The molecule has 3 heteroatoms. The van der Waals surface area contributed by atoms with Crippen LogP contribution in [0.4, 0.5) is 0 Å². The van der Waals surface area contributed by atoms with E-state index in [2.05, 4.69) is 18.0 Å². The molecule has 0 spiro atoms. The van der Waals surface area contributed by atoms with E-state index in [1.165, 1.54) is 18.4 Å². The molecule has 1 heterocycles. The van der Waals surface area contributed by atoms with Gasteiger partial charge in [-0.15, -0.1) is 0 Å². The van der Waals surface area contributed by atoms with Crippen molar-refractivity contribution in [2.45, 2.75) is 38.8 Å². The average Bonchev–Trinajstić information content (AvgIpc) is 3.01. The third-order valence-corrected chi connectivity index (χ3v) is 2.44. The maximum Gasteiger partial charge on any atom is 0.138 e. The molecule has 1 saturated carbocycles. The number of nitrogens with zero attached hydrogens (tertiary/aromatic N) is 1. The number of ether oxygens (including phenoxy) is 1. The summed E-state index contributed by atoms with van der Waals surface area (Å²) in [5.74, 6) is 0.890. The van der Waals surface area contributed by atoms with Crippen molar-refractivity contribution in [1.29, 1.82) is 0 Å². The van der Waals surface area contributed by atoms with Gasteiger partial charge in [0.2, 0.25) is 0 Å². The second-order valence-corrected chi connectivity index (χ2v) is 3.65. The molecule has 0 radical (unpaired) electrons. The molecule has 3 nitrogen and oxygen atoms in total. The summed E-state index contributed by atoms with van der Waals surface area (Å²) in [7, 11) is 0. The number of aromatic nitrogens is 1. The zero-order valence-corrected chi connectivity index (χ0v) is 8.49. The van der Waals surface area contributed by atoms with Crippen LogP contribution >= 0.6 is 0 Å². The molecule has 0 aromatic carbocycles. The largest absolute Gasteiger partial charge is 0.489 e. The third kappa shape index (κ3) is 2.04. The minimum Gasteiger partial charge on any atom is -0.489 e. The van der Waals surface area contributed by atoms with E-state index in [4.69, 9.17) is 10.5 Å². The van der Waals surface area contributed by atoms with E-state index in [0.29, 0.717) is 12.6 Å². The fourth-order valence-electron chi connectivity index (χ4n) is 1.45. The van der Waals surface area contributed by atoms with Gasteiger partial charge in [-0.25, -0.2) is 0 Å². The van der Waals surface area contributed by atoms with Crippen molar-refractivity contribution in [2.24, 2.45) is 5.73 Å². The summed E-state index contributed by atoms with van der Waals surface area (Å²) >= 11 is 0. The van der Waals surface area contributed by atoms with Crippen LogP contribution < -0.4 is 10.5 Å². The fourth-order valence-corrected chi connectivity index (χ4v) is 1.45. The highest BCUT2D eigenvalue weighted by molar-refractivity contribution is 5.29. The second kappa shape index (κ2) is 3.96. The Kier molecular flexibility index (Phi) is 2.68. The Balaban J connectivity index is 2.16. The Morgan fingerprint density at radius 2 is 2.36 bits per heavy atom. The van der Waals surface area contributed by atoms with Crippen molar-refractivity contribution in [2.75, 3.05) is 0 Å². The molecule has 0 saturated heterocycles. The molecule has 1 aromatic rings. The SMILES string of the molecule is CCc1cc(OC2CC2)cnc1CN. The van der Waals surface area contributed by atoms with E-state index >= 15 is 0 Å². The predicted molar refractivity (Wildman–Crippen MR) is 55.2 cm³/mol. The number of hydrogen-bond donors (Lipinski definition) is 1. The Hall–Kier alpha value is -1.09. The predicted octanol–water partition coefficient (Wildman–Crippen LogP) is 1.64. The van der Waals surface area contributed by atoms with Crippen LogP contribution in [0.15, 0.2) is 12.3 Å². The quantitative estimate of drug-likeness (QED) is 0.789. The van der Waals surface area contributed by atoms with E-state index in [1.807, 2.05) is 0 Å². The van der Waals surface area contributed by atoms with Crippen LogP contribution in [0.5, 0.6) is 5.75 Å². The molecule has 0 bridgehead atoms. The van der Waals surface area contributed by atoms with Gasteiger partial charge in [0.25, 0.3) is 0 Å². The highest BCUT2D eigenvalue weighted by atomic mass is 16.5. The van der Waals surface area contributed by atoms with Gasteiger partial charge in [0.05, 0.1) is 18.0 Å². The lowest BCUT2D eigenvalue weighted by atomic mass is 10.1. The fraction of sp³-hybridized carbons (Fsp3) is 0.545. The van der Waals surface area contributed by atoms with Crippen LogP contribution in [0.25, 0.3) is 0 Å². The number of hydrogen-bond acceptors (Lipinski definition) is 3. The summed E-state index contributed by atoms with van der Waals surface area (Å²) in [5, 5.41) is 0. The first-order valence-corrected chi connectivity index (χ1v) is 5.18. The molecule has 1 aromatic heterocycles. The van der Waals surface area contributed by atoms with Gasteiger partial charge in [-0.3, -0.25) is 4.98 Å². The maximum absolute atomic E-state index is 5.66. The Labute approximate surface area is 84.3 Å². The molecule has 2 rings (SSSR count). The van der Waals surface area contributed by atoms with Crippen LogP contribution in [0.1, 0.15) is 31.0 Å². The number of nitrogens with two attached hydrogens (primary N) is 1. The van der Waals surface area contributed by atoms with E-state index in [0.717, 1.165) is 17.9 Å². The number of pyridine rings is 1. The van der Waals surface area contributed by atoms with Gasteiger partial charge >= 0.3 is 0 Å². The van der Waals surface area contributed by atoms with Crippen LogP contribution in [0, 0.1) is 0 Å². The molecule has 76 valence electrons. The van der Waals surface area contributed by atoms with Crippen molar-refractivity contribution in [3.8, 4) is 5.75 Å².